The number of thiophene rings is 1. The molecule has 2 aromatic rings. The topological polar surface area (TPSA) is 52.7 Å². The van der Waals surface area contributed by atoms with E-state index in [1.165, 1.54) is 24.3 Å². The number of carbonyl (C=O) groups excluding carboxylic acids is 2. The van der Waals surface area contributed by atoms with Crippen molar-refractivity contribution in [3.05, 3.63) is 58.5 Å². The first-order valence-corrected chi connectivity index (χ1v) is 9.31. The van der Waals surface area contributed by atoms with Gasteiger partial charge in [0.25, 0.3) is 0 Å². The van der Waals surface area contributed by atoms with Crippen LogP contribution in [0.4, 0.5) is 10.1 Å². The molecule has 1 fully saturated rings. The monoisotopic (exact) mass is 373 g/mol. The van der Waals surface area contributed by atoms with Gasteiger partial charge in [-0.1, -0.05) is 0 Å². The molecule has 26 heavy (non-hydrogen) atoms. The van der Waals surface area contributed by atoms with Crippen LogP contribution >= 0.6 is 11.3 Å². The highest BCUT2D eigenvalue weighted by Crippen LogP contribution is 2.10. The molecule has 1 aromatic heterocycles. The Morgan fingerprint density at radius 3 is 2.50 bits per heavy atom. The Bertz CT molecular complexity index is 767. The van der Waals surface area contributed by atoms with Gasteiger partial charge in [-0.25, -0.2) is 4.39 Å². The Labute approximate surface area is 155 Å². The molecule has 1 aromatic carbocycles. The van der Waals surface area contributed by atoms with Gasteiger partial charge in [0.2, 0.25) is 11.8 Å². The summed E-state index contributed by atoms with van der Waals surface area (Å²) in [7, 11) is 0. The third-order valence-electron chi connectivity index (χ3n) is 4.14. The van der Waals surface area contributed by atoms with Crippen LogP contribution in [0.15, 0.2) is 47.2 Å². The van der Waals surface area contributed by atoms with Crippen LogP contribution in [0.25, 0.3) is 6.08 Å². The van der Waals surface area contributed by atoms with Gasteiger partial charge in [0.05, 0.1) is 6.54 Å². The summed E-state index contributed by atoms with van der Waals surface area (Å²) in [6, 6.07) is 7.65. The van der Waals surface area contributed by atoms with E-state index >= 15 is 0 Å². The van der Waals surface area contributed by atoms with Crippen LogP contribution in [0, 0.1) is 5.82 Å². The first-order chi connectivity index (χ1) is 12.6. The Kier molecular flexibility index (Phi) is 6.14. The smallest absolute Gasteiger partial charge is 0.246 e. The first-order valence-electron chi connectivity index (χ1n) is 8.37. The largest absolute Gasteiger partial charge is 0.337 e. The van der Waals surface area contributed by atoms with E-state index in [0.29, 0.717) is 31.9 Å². The maximum Gasteiger partial charge on any atom is 0.246 e. The molecule has 136 valence electrons. The summed E-state index contributed by atoms with van der Waals surface area (Å²) in [6.45, 7) is 2.74. The molecular formula is C19H20FN3O2S. The minimum Gasteiger partial charge on any atom is -0.337 e. The van der Waals surface area contributed by atoms with E-state index in [4.69, 9.17) is 0 Å². The second-order valence-corrected chi connectivity index (χ2v) is 6.83. The number of piperazine rings is 1. The predicted octanol–water partition coefficient (Wildman–Crippen LogP) is 2.68. The molecular weight excluding hydrogens is 353 g/mol. The van der Waals surface area contributed by atoms with Gasteiger partial charge >= 0.3 is 0 Å². The molecule has 0 unspecified atom stereocenters. The SMILES string of the molecule is O=C(CN1CCN(C(=O)/C=C/c2ccsc2)CC1)Nc1ccc(F)cc1. The zero-order valence-electron chi connectivity index (χ0n) is 14.2. The lowest BCUT2D eigenvalue weighted by Crippen LogP contribution is -2.50. The number of carbonyl (C=O) groups is 2. The van der Waals surface area contributed by atoms with Gasteiger partial charge < -0.3 is 10.2 Å². The molecule has 1 saturated heterocycles. The lowest BCUT2D eigenvalue weighted by Gasteiger charge is -2.33. The van der Waals surface area contributed by atoms with Crippen molar-refractivity contribution in [2.24, 2.45) is 0 Å². The minimum atomic E-state index is -0.336. The Hall–Kier alpha value is -2.51. The Morgan fingerprint density at radius 1 is 1.12 bits per heavy atom. The molecule has 1 aliphatic heterocycles. The molecule has 0 bridgehead atoms. The van der Waals surface area contributed by atoms with E-state index < -0.39 is 0 Å². The van der Waals surface area contributed by atoms with Crippen LogP contribution < -0.4 is 5.32 Å². The predicted molar refractivity (Wildman–Crippen MR) is 101 cm³/mol. The summed E-state index contributed by atoms with van der Waals surface area (Å²) >= 11 is 1.59. The minimum absolute atomic E-state index is 0.00777. The molecule has 0 atom stereocenters. The fourth-order valence-corrected chi connectivity index (χ4v) is 3.33. The number of benzene rings is 1. The first kappa shape index (κ1) is 18.3. The van der Waals surface area contributed by atoms with Crippen molar-refractivity contribution in [1.82, 2.24) is 9.80 Å². The number of hydrogen-bond acceptors (Lipinski definition) is 4. The lowest BCUT2D eigenvalue weighted by atomic mass is 10.2. The summed E-state index contributed by atoms with van der Waals surface area (Å²) in [6.07, 6.45) is 3.42. The van der Waals surface area contributed by atoms with Crippen molar-refractivity contribution in [3.63, 3.8) is 0 Å². The standard InChI is InChI=1S/C19H20FN3O2S/c20-16-2-4-17(5-3-16)21-18(24)13-22-8-10-23(11-9-22)19(25)6-1-15-7-12-26-14-15/h1-7,12,14H,8-11,13H2,(H,21,24)/b6-1+. The van der Waals surface area contributed by atoms with Crippen LogP contribution in [0.2, 0.25) is 0 Å². The van der Waals surface area contributed by atoms with Crippen LogP contribution in [0.1, 0.15) is 5.56 Å². The molecule has 2 heterocycles. The maximum absolute atomic E-state index is 12.9. The molecule has 0 saturated carbocycles. The van der Waals surface area contributed by atoms with E-state index in [9.17, 15) is 14.0 Å². The molecule has 5 nitrogen and oxygen atoms in total. The number of rotatable bonds is 5. The maximum atomic E-state index is 12.9. The quantitative estimate of drug-likeness (QED) is 0.820. The highest BCUT2D eigenvalue weighted by molar-refractivity contribution is 7.08. The molecule has 2 amide bonds. The molecule has 3 rings (SSSR count). The summed E-state index contributed by atoms with van der Waals surface area (Å²) in [4.78, 5) is 28.1. The van der Waals surface area contributed by atoms with Crippen molar-refractivity contribution in [1.29, 1.82) is 0 Å². The van der Waals surface area contributed by atoms with E-state index in [-0.39, 0.29) is 24.2 Å². The van der Waals surface area contributed by atoms with Crippen LogP contribution in [-0.2, 0) is 9.59 Å². The number of nitrogens with zero attached hydrogens (tertiary/aromatic N) is 2. The van der Waals surface area contributed by atoms with E-state index in [1.807, 2.05) is 27.8 Å². The van der Waals surface area contributed by atoms with Gasteiger partial charge in [-0.15, -0.1) is 0 Å². The highest BCUT2D eigenvalue weighted by Gasteiger charge is 2.21. The van der Waals surface area contributed by atoms with Crippen molar-refractivity contribution < 1.29 is 14.0 Å². The average Bonchev–Trinajstić information content (AvgIpc) is 3.16. The number of nitrogens with one attached hydrogen (secondary N) is 1. The summed E-state index contributed by atoms with van der Waals surface area (Å²) in [5.74, 6) is -0.489. The van der Waals surface area contributed by atoms with E-state index in [2.05, 4.69) is 5.32 Å². The Balaban J connectivity index is 1.42. The molecule has 1 N–H and O–H groups in total. The van der Waals surface area contributed by atoms with Crippen LogP contribution in [0.3, 0.4) is 0 Å². The van der Waals surface area contributed by atoms with Gasteiger partial charge in [-0.05, 0) is 52.7 Å². The van der Waals surface area contributed by atoms with Crippen molar-refractivity contribution in [2.75, 3.05) is 38.0 Å². The molecule has 0 aliphatic carbocycles. The molecule has 0 spiro atoms. The summed E-state index contributed by atoms with van der Waals surface area (Å²) < 4.78 is 12.9. The highest BCUT2D eigenvalue weighted by atomic mass is 32.1. The molecule has 1 aliphatic rings. The van der Waals surface area contributed by atoms with Gasteiger partial charge in [0, 0.05) is 37.9 Å². The molecule has 7 heteroatoms. The number of hydrogen-bond donors (Lipinski definition) is 1. The van der Waals surface area contributed by atoms with E-state index in [0.717, 1.165) is 5.56 Å². The third-order valence-corrected chi connectivity index (χ3v) is 4.84. The normalized spacial score (nSPS) is 15.3. The zero-order chi connectivity index (χ0) is 18.4. The summed E-state index contributed by atoms with van der Waals surface area (Å²) in [5, 5.41) is 6.71. The second kappa shape index (κ2) is 8.73. The fraction of sp³-hybridized carbons (Fsp3) is 0.263. The van der Waals surface area contributed by atoms with Gasteiger partial charge in [0.15, 0.2) is 0 Å². The lowest BCUT2D eigenvalue weighted by molar-refractivity contribution is -0.127. The third kappa shape index (κ3) is 5.24. The van der Waals surface area contributed by atoms with Crippen molar-refractivity contribution in [2.45, 2.75) is 0 Å². The number of halogens is 1. The van der Waals surface area contributed by atoms with Crippen molar-refractivity contribution in [3.8, 4) is 0 Å². The average molecular weight is 373 g/mol. The second-order valence-electron chi connectivity index (χ2n) is 6.05. The van der Waals surface area contributed by atoms with Gasteiger partial charge in [-0.3, -0.25) is 14.5 Å². The molecule has 0 radical (unpaired) electrons. The van der Waals surface area contributed by atoms with Crippen LogP contribution in [0.5, 0.6) is 0 Å². The van der Waals surface area contributed by atoms with Gasteiger partial charge in [-0.2, -0.15) is 11.3 Å². The van der Waals surface area contributed by atoms with Crippen LogP contribution in [-0.4, -0.2) is 54.3 Å². The van der Waals surface area contributed by atoms with Crippen molar-refractivity contribution >= 4 is 34.9 Å². The summed E-state index contributed by atoms with van der Waals surface area (Å²) in [5.41, 5.74) is 1.60. The fourth-order valence-electron chi connectivity index (χ4n) is 2.71. The van der Waals surface area contributed by atoms with Gasteiger partial charge in [0.1, 0.15) is 5.82 Å². The Morgan fingerprint density at radius 2 is 1.85 bits per heavy atom. The van der Waals surface area contributed by atoms with E-state index in [1.54, 1.807) is 22.3 Å². The number of anilines is 1. The zero-order valence-corrected chi connectivity index (χ0v) is 15.0. The number of amides is 2.